The first-order chi connectivity index (χ1) is 62.2. The number of fused-ring (bicyclic) bond motifs is 5. The summed E-state index contributed by atoms with van der Waals surface area (Å²) < 4.78 is 182. The SMILES string of the molecule is CCCNC(=O)C(c1c(C)n(C(=O)c2cccc(F)c2)c2ccc(O)c(F)c12)C(C(=O)NCC)(c1c(C)n(C(=O)c2cccc(F)c2)c2ccc(O)c(F)c12)C(C(=O)NC)(c1c(C)n(C(=O)c2cccc(F)c2)c2ccc(O)c(F)c12)C(C(N)=O)(c1c(C)n(C(=O)c2cccc(F)c2)c2ccc(O)c(F)c12)C(C(=O)O)c1c(C)n(C(=O)c2cccc(F)c2)c2ccc(O)c(F)c12. The molecule has 15 aromatic rings. The van der Waals surface area contributed by atoms with Crippen LogP contribution in [0.1, 0.15) is 140 Å². The van der Waals surface area contributed by atoms with Gasteiger partial charge in [0.1, 0.15) is 51.2 Å². The second kappa shape index (κ2) is 33.3. The molecule has 5 unspecified atom stereocenters. The number of nitrogens with one attached hydrogen (secondary N) is 3. The molecule has 35 heteroatoms. The van der Waals surface area contributed by atoms with E-state index in [1.54, 1.807) is 0 Å². The van der Waals surface area contributed by atoms with E-state index in [1.165, 1.54) is 6.92 Å². The van der Waals surface area contributed by atoms with Crippen LogP contribution in [0.4, 0.5) is 43.9 Å². The number of primary amides is 1. The zero-order valence-corrected chi connectivity index (χ0v) is 70.0. The van der Waals surface area contributed by atoms with Crippen molar-refractivity contribution in [3.63, 3.8) is 0 Å². The molecule has 0 spiro atoms. The fourth-order valence-corrected chi connectivity index (χ4v) is 19.6. The van der Waals surface area contributed by atoms with E-state index in [1.807, 2.05) is 0 Å². The number of nitrogens with two attached hydrogens (primary N) is 1. The molecule has 4 amide bonds. The lowest BCUT2D eigenvalue weighted by atomic mass is 9.36. The molecule has 0 aliphatic rings. The van der Waals surface area contributed by atoms with Crippen molar-refractivity contribution in [2.24, 2.45) is 5.73 Å². The number of rotatable bonds is 22. The zero-order valence-electron chi connectivity index (χ0n) is 70.0. The Morgan fingerprint density at radius 1 is 0.359 bits per heavy atom. The number of carboxylic acid groups (broad SMARTS) is 1. The molecule has 10 aromatic carbocycles. The van der Waals surface area contributed by atoms with Gasteiger partial charge in [-0.15, -0.1) is 0 Å². The maximum absolute atomic E-state index is 20.4. The van der Waals surface area contributed by atoms with Gasteiger partial charge in [-0.25, -0.2) is 43.9 Å². The van der Waals surface area contributed by atoms with Gasteiger partial charge >= 0.3 is 5.97 Å². The van der Waals surface area contributed by atoms with Gasteiger partial charge in [0.15, 0.2) is 57.8 Å². The first kappa shape index (κ1) is 89.7. The molecule has 15 rings (SSSR count). The molecule has 131 heavy (non-hydrogen) atoms. The summed E-state index contributed by atoms with van der Waals surface area (Å²) >= 11 is 0. The highest BCUT2D eigenvalue weighted by atomic mass is 19.2. The van der Waals surface area contributed by atoms with Crippen LogP contribution < -0.4 is 21.7 Å². The highest BCUT2D eigenvalue weighted by molar-refractivity contribution is 6.22. The minimum atomic E-state index is -5.39. The topological polar surface area (TPSA) is 379 Å². The van der Waals surface area contributed by atoms with Crippen molar-refractivity contribution >= 4 is 114 Å². The van der Waals surface area contributed by atoms with E-state index in [4.69, 9.17) is 5.73 Å². The predicted molar refractivity (Wildman–Crippen MR) is 456 cm³/mol. The van der Waals surface area contributed by atoms with Crippen molar-refractivity contribution in [3.05, 3.63) is 324 Å². The third kappa shape index (κ3) is 13.1. The van der Waals surface area contributed by atoms with Gasteiger partial charge in [-0.3, -0.25) is 70.8 Å². The second-order valence-electron chi connectivity index (χ2n) is 31.3. The van der Waals surface area contributed by atoms with Crippen molar-refractivity contribution in [2.75, 3.05) is 20.1 Å². The summed E-state index contributed by atoms with van der Waals surface area (Å²) in [5.74, 6) is -53.1. The Morgan fingerprint density at radius 2 is 0.634 bits per heavy atom. The van der Waals surface area contributed by atoms with E-state index in [-0.39, 0.29) is 6.42 Å². The van der Waals surface area contributed by atoms with Gasteiger partial charge in [0, 0.05) is 120 Å². The number of aromatic hydroxyl groups is 5. The highest BCUT2D eigenvalue weighted by Crippen LogP contribution is 2.71. The van der Waals surface area contributed by atoms with E-state index in [9.17, 15) is 30.6 Å². The summed E-state index contributed by atoms with van der Waals surface area (Å²) in [6.07, 6.45) is -0.327. The third-order valence-corrected chi connectivity index (χ3v) is 24.4. The Morgan fingerprint density at radius 3 is 0.916 bits per heavy atom. The van der Waals surface area contributed by atoms with Crippen LogP contribution in [0.3, 0.4) is 0 Å². The largest absolute Gasteiger partial charge is 0.505 e. The Kier molecular flexibility index (Phi) is 22.8. The van der Waals surface area contributed by atoms with Crippen molar-refractivity contribution in [2.45, 2.75) is 83.0 Å². The van der Waals surface area contributed by atoms with Gasteiger partial charge in [0.2, 0.25) is 23.6 Å². The number of hydrogen-bond donors (Lipinski definition) is 10. The Hall–Kier alpha value is -16.1. The Labute approximate surface area is 733 Å². The van der Waals surface area contributed by atoms with Gasteiger partial charge < -0.3 is 52.3 Å². The molecule has 11 N–H and O–H groups in total. The van der Waals surface area contributed by atoms with Crippen LogP contribution in [0, 0.1) is 92.8 Å². The number of carboxylic acids is 1. The van der Waals surface area contributed by atoms with E-state index in [0.29, 0.717) is 123 Å². The van der Waals surface area contributed by atoms with Gasteiger partial charge in [-0.2, -0.15) is 0 Å². The van der Waals surface area contributed by atoms with Crippen LogP contribution in [0.25, 0.3) is 54.5 Å². The van der Waals surface area contributed by atoms with Crippen LogP contribution in [-0.4, -0.2) is 133 Å². The van der Waals surface area contributed by atoms with E-state index >= 15 is 91.8 Å². The summed E-state index contributed by atoms with van der Waals surface area (Å²) in [6.45, 7) is 4.29. The number of nitrogens with zero attached hydrogens (tertiary/aromatic N) is 5. The van der Waals surface area contributed by atoms with Gasteiger partial charge in [-0.1, -0.05) is 37.3 Å². The molecule has 5 aromatic heterocycles. The lowest BCUT2D eigenvalue weighted by Crippen LogP contribution is -2.79. The van der Waals surface area contributed by atoms with Crippen molar-refractivity contribution in [3.8, 4) is 28.7 Å². The number of likely N-dealkylation sites (N-methyl/N-ethyl adjacent to an activating group) is 2. The van der Waals surface area contributed by atoms with Crippen LogP contribution in [0.15, 0.2) is 182 Å². The highest BCUT2D eigenvalue weighted by Gasteiger charge is 2.83. The normalized spacial score (nSPS) is 13.5. The summed E-state index contributed by atoms with van der Waals surface area (Å²) in [4.78, 5) is 177. The summed E-state index contributed by atoms with van der Waals surface area (Å²) in [7, 11) is 0.568. The Bertz CT molecular complexity index is 7560. The summed E-state index contributed by atoms with van der Waals surface area (Å²) in [6, 6.07) is 23.1. The number of phenols is 5. The van der Waals surface area contributed by atoms with Crippen LogP contribution in [-0.2, 0) is 40.2 Å². The monoisotopic (exact) mass is 1800 g/mol. The maximum atomic E-state index is 20.4. The second-order valence-corrected chi connectivity index (χ2v) is 31.3. The summed E-state index contributed by atoms with van der Waals surface area (Å²) in [5.41, 5.74) is -31.6. The van der Waals surface area contributed by atoms with Gasteiger partial charge in [0.05, 0.1) is 33.5 Å². The molecule has 0 radical (unpaired) electrons. The fraction of sp³-hybridized carbons (Fsp3) is 0.167. The van der Waals surface area contributed by atoms with Crippen LogP contribution in [0.2, 0.25) is 0 Å². The fourth-order valence-electron chi connectivity index (χ4n) is 19.6. The standard InChI is InChI=1S/C96H73F10N9O16/c1-9-36-110-84(121)77(67-42(3)111(57-26-31-62(116)79(102)69(57)67)85(122)47-16-11-21-52(97)37-47)95(92(130)109-10-2,75-45(6)114(60-29-34-65(119)82(105)72(60)75)88(125)50-19-14-24-55(100)40-50)96(93(131)108-8,76-46(7)115(61-30-35-66(120)83(106)73(61)76)89(126)51-20-15-25-56(101)41-51)94(91(107)129,74-44(5)113(59-28-33-64(118)81(104)71(59)74)87(124)49-18-13-23-54(99)39-49)78(90(127)128)68-43(4)112(58-27-32-63(117)80(103)70(58)68)86(123)48-17-12-22-53(98)38-48/h11-35,37-41,77-78,116-120H,9-10,36H2,1-8H3,(H2,107,129)(H,108,131)(H,109,130)(H,110,121)(H,127,128). The number of carbonyl (C=O) groups excluding carboxylic acids is 9. The minimum Gasteiger partial charge on any atom is -0.505 e. The lowest BCUT2D eigenvalue weighted by molar-refractivity contribution is -0.158. The maximum Gasteiger partial charge on any atom is 0.312 e. The molecule has 0 fully saturated rings. The number of phenolic OH excluding ortho intramolecular Hbond substituents is 5. The molecule has 0 bridgehead atoms. The molecule has 25 nitrogen and oxygen atoms in total. The van der Waals surface area contributed by atoms with Gasteiger partial charge in [-0.05, 0) is 211 Å². The summed E-state index contributed by atoms with van der Waals surface area (Å²) in [5, 5.41) is 75.7. The number of hydrogen-bond acceptors (Lipinski definition) is 15. The van der Waals surface area contributed by atoms with Crippen molar-refractivity contribution in [1.82, 2.24) is 38.8 Å². The molecule has 5 heterocycles. The molecule has 0 aliphatic heterocycles. The molecule has 668 valence electrons. The van der Waals surface area contributed by atoms with Crippen LogP contribution in [0.5, 0.6) is 28.7 Å². The molecule has 0 saturated heterocycles. The smallest absolute Gasteiger partial charge is 0.312 e. The minimum absolute atomic E-state index is 0.327. The molecule has 0 saturated carbocycles. The number of aromatic nitrogens is 5. The quantitative estimate of drug-likeness (QED) is 0.0282. The number of amides is 4. The first-order valence-corrected chi connectivity index (χ1v) is 40.2. The van der Waals surface area contributed by atoms with Crippen molar-refractivity contribution in [1.29, 1.82) is 0 Å². The van der Waals surface area contributed by atoms with Gasteiger partial charge in [0.25, 0.3) is 29.5 Å². The average Bonchev–Trinajstić information content (AvgIpc) is 1.54. The zero-order chi connectivity index (χ0) is 94.9. The molecule has 0 aliphatic carbocycles. The molecular formula is C96H73F10N9O16. The van der Waals surface area contributed by atoms with Crippen molar-refractivity contribution < 1.29 is 122 Å². The predicted octanol–water partition coefficient (Wildman–Crippen LogP) is 15.0. The number of halogens is 10. The lowest BCUT2D eigenvalue weighted by Gasteiger charge is -2.60. The number of benzene rings is 10. The number of carbonyl (C=O) groups is 10. The van der Waals surface area contributed by atoms with E-state index < -0.39 is 326 Å². The Balaban J connectivity index is 1.43. The molecular weight excluding hydrogens is 1730 g/mol. The number of aliphatic carboxylic acids is 1. The van der Waals surface area contributed by atoms with E-state index in [2.05, 4.69) is 16.0 Å². The third-order valence-electron chi connectivity index (χ3n) is 24.4. The van der Waals surface area contributed by atoms with Crippen LogP contribution >= 0.6 is 0 Å². The van der Waals surface area contributed by atoms with E-state index in [0.717, 1.165) is 131 Å². The average molecular weight is 1800 g/mol. The first-order valence-electron chi connectivity index (χ1n) is 40.2. The molecule has 5 atom stereocenters.